The third-order valence-electron chi connectivity index (χ3n) is 2.48. The second-order valence-corrected chi connectivity index (χ2v) is 4.02. The van der Waals surface area contributed by atoms with Crippen LogP contribution in [0.4, 0.5) is 5.69 Å². The molecule has 0 atom stereocenters. The predicted molar refractivity (Wildman–Crippen MR) is 69.3 cm³/mol. The number of methoxy groups -OCH3 is 1. The number of carbonyl (C=O) groups is 1. The molecule has 0 fully saturated rings. The van der Waals surface area contributed by atoms with Gasteiger partial charge in [-0.2, -0.15) is 0 Å². The van der Waals surface area contributed by atoms with Crippen LogP contribution in [0.1, 0.15) is 17.3 Å². The Morgan fingerprint density at radius 2 is 2.24 bits per heavy atom. The van der Waals surface area contributed by atoms with Gasteiger partial charge in [0.2, 0.25) is 0 Å². The molecular formula is C12H17ClN2O2. The molecule has 0 bridgehead atoms. The number of halogens is 1. The first-order chi connectivity index (χ1) is 8.10. The quantitative estimate of drug-likeness (QED) is 0.820. The first kappa shape index (κ1) is 13.8. The molecule has 0 heterocycles. The van der Waals surface area contributed by atoms with E-state index in [1.807, 2.05) is 6.92 Å². The average Bonchev–Trinajstić information content (AvgIpc) is 2.33. The van der Waals surface area contributed by atoms with Crippen LogP contribution < -0.4 is 5.73 Å². The first-order valence-electron chi connectivity index (χ1n) is 5.43. The largest absolute Gasteiger partial charge is 0.398 e. The van der Waals surface area contributed by atoms with Crippen molar-refractivity contribution < 1.29 is 9.53 Å². The van der Waals surface area contributed by atoms with Gasteiger partial charge in [-0.25, -0.2) is 0 Å². The van der Waals surface area contributed by atoms with Gasteiger partial charge in [-0.15, -0.1) is 0 Å². The molecule has 1 aromatic carbocycles. The van der Waals surface area contributed by atoms with Gasteiger partial charge in [-0.05, 0) is 25.1 Å². The number of carbonyl (C=O) groups excluding carboxylic acids is 1. The molecule has 4 nitrogen and oxygen atoms in total. The van der Waals surface area contributed by atoms with Gasteiger partial charge in [0.1, 0.15) is 0 Å². The van der Waals surface area contributed by atoms with Gasteiger partial charge in [-0.1, -0.05) is 11.6 Å². The zero-order valence-electron chi connectivity index (χ0n) is 10.1. The number of nitrogen functional groups attached to an aromatic ring is 1. The van der Waals surface area contributed by atoms with Gasteiger partial charge in [0.05, 0.1) is 17.3 Å². The number of hydrogen-bond donors (Lipinski definition) is 1. The van der Waals surface area contributed by atoms with Crippen molar-refractivity contribution in [2.75, 3.05) is 32.5 Å². The molecule has 0 saturated heterocycles. The van der Waals surface area contributed by atoms with E-state index in [1.54, 1.807) is 30.2 Å². The van der Waals surface area contributed by atoms with E-state index in [-0.39, 0.29) is 5.91 Å². The number of benzene rings is 1. The summed E-state index contributed by atoms with van der Waals surface area (Å²) in [6.07, 6.45) is 0. The normalized spacial score (nSPS) is 10.3. The van der Waals surface area contributed by atoms with Crippen molar-refractivity contribution in [2.45, 2.75) is 6.92 Å². The minimum absolute atomic E-state index is 0.0635. The zero-order chi connectivity index (χ0) is 12.8. The molecule has 0 spiro atoms. The molecule has 1 amide bonds. The zero-order valence-corrected chi connectivity index (χ0v) is 10.8. The third-order valence-corrected chi connectivity index (χ3v) is 2.81. The fourth-order valence-electron chi connectivity index (χ4n) is 1.45. The van der Waals surface area contributed by atoms with E-state index in [0.29, 0.717) is 36.0 Å². The van der Waals surface area contributed by atoms with E-state index < -0.39 is 0 Å². The standard InChI is InChI=1S/C12H17ClN2O2/c1-3-15(6-7-17-2)12(16)9-4-5-11(14)10(13)8-9/h4-5,8H,3,6-7,14H2,1-2H3. The summed E-state index contributed by atoms with van der Waals surface area (Å²) >= 11 is 5.89. The van der Waals surface area contributed by atoms with Crippen molar-refractivity contribution in [1.82, 2.24) is 4.90 Å². The highest BCUT2D eigenvalue weighted by Crippen LogP contribution is 2.20. The van der Waals surface area contributed by atoms with Gasteiger partial charge in [0.15, 0.2) is 0 Å². The lowest BCUT2D eigenvalue weighted by Gasteiger charge is -2.20. The first-order valence-corrected chi connectivity index (χ1v) is 5.81. The number of hydrogen-bond acceptors (Lipinski definition) is 3. The molecule has 0 aliphatic rings. The molecule has 17 heavy (non-hydrogen) atoms. The number of amides is 1. The fourth-order valence-corrected chi connectivity index (χ4v) is 1.63. The molecule has 0 aliphatic carbocycles. The van der Waals surface area contributed by atoms with Crippen LogP contribution >= 0.6 is 11.6 Å². The maximum absolute atomic E-state index is 12.1. The highest BCUT2D eigenvalue weighted by atomic mass is 35.5. The Labute approximate surface area is 106 Å². The van der Waals surface area contributed by atoms with Gasteiger partial charge in [0, 0.05) is 25.8 Å². The molecule has 1 rings (SSSR count). The van der Waals surface area contributed by atoms with E-state index >= 15 is 0 Å². The number of anilines is 1. The lowest BCUT2D eigenvalue weighted by Crippen LogP contribution is -2.33. The van der Waals surface area contributed by atoms with E-state index in [2.05, 4.69) is 0 Å². The summed E-state index contributed by atoms with van der Waals surface area (Å²) in [5.74, 6) is -0.0635. The Morgan fingerprint density at radius 1 is 1.53 bits per heavy atom. The van der Waals surface area contributed by atoms with Crippen molar-refractivity contribution >= 4 is 23.2 Å². The third kappa shape index (κ3) is 3.61. The van der Waals surface area contributed by atoms with E-state index in [0.717, 1.165) is 0 Å². The molecule has 0 saturated carbocycles. The van der Waals surface area contributed by atoms with Crippen LogP contribution in [0.25, 0.3) is 0 Å². The second kappa shape index (κ2) is 6.47. The van der Waals surface area contributed by atoms with Gasteiger partial charge < -0.3 is 15.4 Å². The number of likely N-dealkylation sites (N-methyl/N-ethyl adjacent to an activating group) is 1. The van der Waals surface area contributed by atoms with Gasteiger partial charge in [0.25, 0.3) is 5.91 Å². The SMILES string of the molecule is CCN(CCOC)C(=O)c1ccc(N)c(Cl)c1. The topological polar surface area (TPSA) is 55.6 Å². The van der Waals surface area contributed by atoms with Crippen LogP contribution in [0.3, 0.4) is 0 Å². The molecular weight excluding hydrogens is 240 g/mol. The van der Waals surface area contributed by atoms with Crippen molar-refractivity contribution in [2.24, 2.45) is 0 Å². The summed E-state index contributed by atoms with van der Waals surface area (Å²) in [5, 5.41) is 0.402. The Kier molecular flexibility index (Phi) is 5.25. The minimum atomic E-state index is -0.0635. The number of nitrogens with zero attached hydrogens (tertiary/aromatic N) is 1. The number of rotatable bonds is 5. The smallest absolute Gasteiger partial charge is 0.253 e. The van der Waals surface area contributed by atoms with Crippen LogP contribution in [0.2, 0.25) is 5.02 Å². The maximum atomic E-state index is 12.1. The average molecular weight is 257 g/mol. The summed E-state index contributed by atoms with van der Waals surface area (Å²) in [7, 11) is 1.61. The van der Waals surface area contributed by atoms with Crippen LogP contribution in [0, 0.1) is 0 Å². The fraction of sp³-hybridized carbons (Fsp3) is 0.417. The molecule has 1 aromatic rings. The highest BCUT2D eigenvalue weighted by molar-refractivity contribution is 6.33. The van der Waals surface area contributed by atoms with Gasteiger partial charge >= 0.3 is 0 Å². The summed E-state index contributed by atoms with van der Waals surface area (Å²) in [6, 6.07) is 4.91. The van der Waals surface area contributed by atoms with Crippen molar-refractivity contribution in [3.63, 3.8) is 0 Å². The Balaban J connectivity index is 2.82. The monoisotopic (exact) mass is 256 g/mol. The lowest BCUT2D eigenvalue weighted by atomic mass is 10.2. The molecule has 0 radical (unpaired) electrons. The van der Waals surface area contributed by atoms with Crippen LogP contribution in [-0.4, -0.2) is 37.6 Å². The second-order valence-electron chi connectivity index (χ2n) is 3.61. The minimum Gasteiger partial charge on any atom is -0.398 e. The van der Waals surface area contributed by atoms with E-state index in [1.165, 1.54) is 0 Å². The number of ether oxygens (including phenoxy) is 1. The Hall–Kier alpha value is -1.26. The maximum Gasteiger partial charge on any atom is 0.253 e. The summed E-state index contributed by atoms with van der Waals surface area (Å²) < 4.78 is 4.96. The Bertz CT molecular complexity index is 396. The van der Waals surface area contributed by atoms with Gasteiger partial charge in [-0.3, -0.25) is 4.79 Å². The molecule has 94 valence electrons. The number of nitrogens with two attached hydrogens (primary N) is 1. The van der Waals surface area contributed by atoms with Crippen molar-refractivity contribution in [3.8, 4) is 0 Å². The molecule has 5 heteroatoms. The predicted octanol–water partition coefficient (Wildman–Crippen LogP) is 2.03. The molecule has 2 N–H and O–H groups in total. The lowest BCUT2D eigenvalue weighted by molar-refractivity contribution is 0.0706. The van der Waals surface area contributed by atoms with E-state index in [4.69, 9.17) is 22.1 Å². The van der Waals surface area contributed by atoms with Crippen LogP contribution in [-0.2, 0) is 4.74 Å². The van der Waals surface area contributed by atoms with Crippen LogP contribution in [0.5, 0.6) is 0 Å². The summed E-state index contributed by atoms with van der Waals surface area (Å²) in [6.45, 7) is 3.63. The molecule has 0 unspecified atom stereocenters. The highest BCUT2D eigenvalue weighted by Gasteiger charge is 2.14. The Morgan fingerprint density at radius 3 is 2.76 bits per heavy atom. The molecule has 0 aromatic heterocycles. The molecule has 0 aliphatic heterocycles. The summed E-state index contributed by atoms with van der Waals surface area (Å²) in [5.41, 5.74) is 6.62. The van der Waals surface area contributed by atoms with E-state index in [9.17, 15) is 4.79 Å². The van der Waals surface area contributed by atoms with Crippen molar-refractivity contribution in [1.29, 1.82) is 0 Å². The van der Waals surface area contributed by atoms with Crippen molar-refractivity contribution in [3.05, 3.63) is 28.8 Å². The summed E-state index contributed by atoms with van der Waals surface area (Å²) in [4.78, 5) is 13.8. The van der Waals surface area contributed by atoms with Crippen LogP contribution in [0.15, 0.2) is 18.2 Å².